The van der Waals surface area contributed by atoms with Gasteiger partial charge in [0.05, 0.1) is 28.4 Å². The van der Waals surface area contributed by atoms with E-state index in [0.29, 0.717) is 29.2 Å². The Bertz CT molecular complexity index is 870. The molecule has 2 aromatic carbocycles. The van der Waals surface area contributed by atoms with Crippen LogP contribution in [0.25, 0.3) is 6.08 Å². The normalized spacial score (nSPS) is 11.1. The van der Waals surface area contributed by atoms with Gasteiger partial charge in [0.1, 0.15) is 22.8 Å². The first kappa shape index (κ1) is 21.2. The van der Waals surface area contributed by atoms with Gasteiger partial charge < -0.3 is 24.1 Å². The SMILES string of the molecule is CCCC(=Cc1ccc(OC)c(OC)c1)C(=O)c1c(O)cc(OC)cc1OC. The van der Waals surface area contributed by atoms with E-state index in [1.807, 2.05) is 13.0 Å². The molecular formula is C22H26O6. The predicted molar refractivity (Wildman–Crippen MR) is 108 cm³/mol. The van der Waals surface area contributed by atoms with Gasteiger partial charge in [0, 0.05) is 17.7 Å². The maximum atomic E-state index is 13.2. The quantitative estimate of drug-likeness (QED) is 0.505. The summed E-state index contributed by atoms with van der Waals surface area (Å²) in [5.74, 6) is 1.37. The smallest absolute Gasteiger partial charge is 0.196 e. The summed E-state index contributed by atoms with van der Waals surface area (Å²) in [5, 5.41) is 10.4. The van der Waals surface area contributed by atoms with E-state index in [2.05, 4.69) is 0 Å². The van der Waals surface area contributed by atoms with Crippen LogP contribution in [0.4, 0.5) is 0 Å². The number of ether oxygens (including phenoxy) is 4. The fraction of sp³-hybridized carbons (Fsp3) is 0.318. The van der Waals surface area contributed by atoms with Gasteiger partial charge in [0.25, 0.3) is 0 Å². The van der Waals surface area contributed by atoms with Crippen LogP contribution in [0.5, 0.6) is 28.7 Å². The number of phenols is 1. The number of methoxy groups -OCH3 is 4. The van der Waals surface area contributed by atoms with E-state index in [0.717, 1.165) is 12.0 Å². The molecule has 0 aliphatic heterocycles. The van der Waals surface area contributed by atoms with Gasteiger partial charge in [-0.25, -0.2) is 0 Å². The second-order valence-corrected chi connectivity index (χ2v) is 6.09. The number of benzene rings is 2. The van der Waals surface area contributed by atoms with Crippen LogP contribution in [0.15, 0.2) is 35.9 Å². The second kappa shape index (κ2) is 9.69. The first-order valence-electron chi connectivity index (χ1n) is 8.91. The standard InChI is InChI=1S/C22H26O6/c1-6-7-15(10-14-8-9-18(26-3)19(11-14)27-4)22(24)21-17(23)12-16(25-2)13-20(21)28-5/h8-13,23H,6-7H2,1-5H3. The summed E-state index contributed by atoms with van der Waals surface area (Å²) in [6.07, 6.45) is 3.10. The highest BCUT2D eigenvalue weighted by molar-refractivity contribution is 6.14. The van der Waals surface area contributed by atoms with Gasteiger partial charge >= 0.3 is 0 Å². The predicted octanol–water partition coefficient (Wildman–Crippen LogP) is 4.49. The number of allylic oxidation sites excluding steroid dienone is 1. The van der Waals surface area contributed by atoms with Crippen molar-refractivity contribution in [3.8, 4) is 28.7 Å². The number of Topliss-reactive ketones (excluding diaryl/α,β-unsaturated/α-hetero) is 1. The third-order valence-corrected chi connectivity index (χ3v) is 4.30. The molecule has 0 atom stereocenters. The number of rotatable bonds is 9. The molecule has 0 spiro atoms. The lowest BCUT2D eigenvalue weighted by atomic mass is 9.96. The van der Waals surface area contributed by atoms with Crippen molar-refractivity contribution in [2.75, 3.05) is 28.4 Å². The minimum atomic E-state index is -0.298. The van der Waals surface area contributed by atoms with E-state index in [-0.39, 0.29) is 22.8 Å². The minimum absolute atomic E-state index is 0.114. The van der Waals surface area contributed by atoms with Crippen LogP contribution in [0.2, 0.25) is 0 Å². The number of hydrogen-bond donors (Lipinski definition) is 1. The van der Waals surface area contributed by atoms with Crippen LogP contribution in [0.1, 0.15) is 35.7 Å². The van der Waals surface area contributed by atoms with Gasteiger partial charge in [-0.05, 0) is 30.2 Å². The molecule has 0 radical (unpaired) electrons. The molecule has 6 nitrogen and oxygen atoms in total. The number of aromatic hydroxyl groups is 1. The summed E-state index contributed by atoms with van der Waals surface area (Å²) in [6, 6.07) is 8.40. The highest BCUT2D eigenvalue weighted by atomic mass is 16.5. The lowest BCUT2D eigenvalue weighted by Crippen LogP contribution is -2.07. The van der Waals surface area contributed by atoms with Crippen molar-refractivity contribution < 1.29 is 28.8 Å². The lowest BCUT2D eigenvalue weighted by Gasteiger charge is -2.14. The third kappa shape index (κ3) is 4.57. The van der Waals surface area contributed by atoms with Gasteiger partial charge in [0.2, 0.25) is 0 Å². The van der Waals surface area contributed by atoms with Crippen LogP contribution in [-0.2, 0) is 0 Å². The number of carbonyl (C=O) groups excluding carboxylic acids is 1. The van der Waals surface area contributed by atoms with E-state index in [4.69, 9.17) is 18.9 Å². The zero-order chi connectivity index (χ0) is 20.7. The Kier molecular flexibility index (Phi) is 7.32. The zero-order valence-electron chi connectivity index (χ0n) is 16.9. The molecule has 0 aromatic heterocycles. The Labute approximate surface area is 165 Å². The van der Waals surface area contributed by atoms with Crippen molar-refractivity contribution in [2.45, 2.75) is 19.8 Å². The van der Waals surface area contributed by atoms with E-state index in [9.17, 15) is 9.90 Å². The molecule has 0 aliphatic carbocycles. The molecule has 2 aromatic rings. The molecule has 28 heavy (non-hydrogen) atoms. The number of carbonyl (C=O) groups is 1. The van der Waals surface area contributed by atoms with E-state index >= 15 is 0 Å². The molecule has 0 unspecified atom stereocenters. The van der Waals surface area contributed by atoms with E-state index in [1.54, 1.807) is 38.5 Å². The summed E-state index contributed by atoms with van der Waals surface area (Å²) >= 11 is 0. The highest BCUT2D eigenvalue weighted by Crippen LogP contribution is 2.36. The fourth-order valence-electron chi connectivity index (χ4n) is 2.91. The van der Waals surface area contributed by atoms with Gasteiger partial charge in [-0.2, -0.15) is 0 Å². The molecule has 6 heteroatoms. The molecule has 0 amide bonds. The first-order chi connectivity index (χ1) is 13.5. The molecule has 150 valence electrons. The van der Waals surface area contributed by atoms with E-state index in [1.165, 1.54) is 20.3 Å². The topological polar surface area (TPSA) is 74.2 Å². The van der Waals surface area contributed by atoms with Gasteiger partial charge in [0.15, 0.2) is 17.3 Å². The van der Waals surface area contributed by atoms with Crippen molar-refractivity contribution in [2.24, 2.45) is 0 Å². The van der Waals surface area contributed by atoms with E-state index < -0.39 is 0 Å². The van der Waals surface area contributed by atoms with Crippen molar-refractivity contribution in [3.63, 3.8) is 0 Å². The Morgan fingerprint density at radius 2 is 1.61 bits per heavy atom. The maximum absolute atomic E-state index is 13.2. The molecule has 1 N–H and O–H groups in total. The molecule has 0 aliphatic rings. The summed E-state index contributed by atoms with van der Waals surface area (Å²) in [6.45, 7) is 1.99. The molecular weight excluding hydrogens is 360 g/mol. The molecule has 0 saturated heterocycles. The molecule has 0 fully saturated rings. The third-order valence-electron chi connectivity index (χ3n) is 4.30. The summed E-state index contributed by atoms with van der Waals surface area (Å²) in [5.41, 5.74) is 1.46. The van der Waals surface area contributed by atoms with Crippen LogP contribution in [0, 0.1) is 0 Å². The van der Waals surface area contributed by atoms with Gasteiger partial charge in [-0.1, -0.05) is 19.4 Å². The monoisotopic (exact) mass is 386 g/mol. The fourth-order valence-corrected chi connectivity index (χ4v) is 2.91. The van der Waals surface area contributed by atoms with Crippen molar-refractivity contribution in [1.82, 2.24) is 0 Å². The lowest BCUT2D eigenvalue weighted by molar-refractivity contribution is 0.102. The molecule has 2 rings (SSSR count). The average Bonchev–Trinajstić information content (AvgIpc) is 2.71. The van der Waals surface area contributed by atoms with Crippen molar-refractivity contribution >= 4 is 11.9 Å². The summed E-state index contributed by atoms with van der Waals surface area (Å²) in [4.78, 5) is 13.2. The van der Waals surface area contributed by atoms with Gasteiger partial charge in [-0.3, -0.25) is 4.79 Å². The maximum Gasteiger partial charge on any atom is 0.196 e. The van der Waals surface area contributed by atoms with Crippen LogP contribution in [-0.4, -0.2) is 39.3 Å². The highest BCUT2D eigenvalue weighted by Gasteiger charge is 2.22. The zero-order valence-corrected chi connectivity index (χ0v) is 16.9. The number of hydrogen-bond acceptors (Lipinski definition) is 6. The van der Waals surface area contributed by atoms with Gasteiger partial charge in [-0.15, -0.1) is 0 Å². The minimum Gasteiger partial charge on any atom is -0.507 e. The largest absolute Gasteiger partial charge is 0.507 e. The van der Waals surface area contributed by atoms with Crippen LogP contribution >= 0.6 is 0 Å². The second-order valence-electron chi connectivity index (χ2n) is 6.09. The summed E-state index contributed by atoms with van der Waals surface area (Å²) < 4.78 is 21.0. The Morgan fingerprint density at radius 3 is 2.18 bits per heavy atom. The number of ketones is 1. The average molecular weight is 386 g/mol. The number of phenolic OH excluding ortho intramolecular Hbond substituents is 1. The Hall–Kier alpha value is -3.15. The first-order valence-corrected chi connectivity index (χ1v) is 8.91. The Morgan fingerprint density at radius 1 is 0.929 bits per heavy atom. The van der Waals surface area contributed by atoms with Crippen molar-refractivity contribution in [3.05, 3.63) is 47.0 Å². The molecule has 0 saturated carbocycles. The molecule has 0 heterocycles. The van der Waals surface area contributed by atoms with Crippen molar-refractivity contribution in [1.29, 1.82) is 0 Å². The summed E-state index contributed by atoms with van der Waals surface area (Å²) in [7, 11) is 6.06. The van der Waals surface area contributed by atoms with Crippen LogP contribution < -0.4 is 18.9 Å². The Balaban J connectivity index is 2.52. The van der Waals surface area contributed by atoms with Crippen LogP contribution in [0.3, 0.4) is 0 Å². The molecule has 0 bridgehead atoms.